The van der Waals surface area contributed by atoms with E-state index in [4.69, 9.17) is 9.84 Å². The van der Waals surface area contributed by atoms with E-state index >= 15 is 0 Å². The van der Waals surface area contributed by atoms with Crippen LogP contribution >= 0.6 is 0 Å². The summed E-state index contributed by atoms with van der Waals surface area (Å²) in [7, 11) is 0. The molecular weight excluding hydrogens is 231 g/mol. The van der Waals surface area contributed by atoms with Gasteiger partial charge in [-0.05, 0) is 44.0 Å². The average molecular weight is 250 g/mol. The summed E-state index contributed by atoms with van der Waals surface area (Å²) in [6.45, 7) is 6.17. The number of aliphatic hydroxyl groups is 1. The minimum Gasteiger partial charge on any atom is -0.384 e. The van der Waals surface area contributed by atoms with E-state index in [1.165, 1.54) is 12.1 Å². The third kappa shape index (κ3) is 4.87. The topological polar surface area (TPSA) is 29.5 Å². The predicted octanol–water partition coefficient (Wildman–Crippen LogP) is 2.87. The summed E-state index contributed by atoms with van der Waals surface area (Å²) in [5.74, 6) is 4.85. The average Bonchev–Trinajstić information content (AvgIpc) is 2.33. The first-order chi connectivity index (χ1) is 8.46. The number of aliphatic hydroxyl groups excluding tert-OH is 1. The van der Waals surface area contributed by atoms with Crippen LogP contribution in [0.4, 0.5) is 4.39 Å². The van der Waals surface area contributed by atoms with Gasteiger partial charge in [-0.3, -0.25) is 0 Å². The Labute approximate surface area is 108 Å². The number of ether oxygens (including phenoxy) is 1. The number of halogens is 1. The second-order valence-corrected chi connectivity index (χ2v) is 4.71. The van der Waals surface area contributed by atoms with Gasteiger partial charge in [0.2, 0.25) is 0 Å². The molecule has 0 fully saturated rings. The molecule has 3 heteroatoms. The van der Waals surface area contributed by atoms with E-state index in [1.54, 1.807) is 6.07 Å². The van der Waals surface area contributed by atoms with Crippen LogP contribution < -0.4 is 0 Å². The lowest BCUT2D eigenvalue weighted by Gasteiger charge is -2.23. The van der Waals surface area contributed by atoms with Crippen LogP contribution in [0.25, 0.3) is 0 Å². The van der Waals surface area contributed by atoms with Crippen LogP contribution in [-0.2, 0) is 11.3 Å². The third-order valence-electron chi connectivity index (χ3n) is 2.75. The largest absolute Gasteiger partial charge is 0.384 e. The Bertz CT molecular complexity index is 455. The first-order valence-corrected chi connectivity index (χ1v) is 6.00. The summed E-state index contributed by atoms with van der Waals surface area (Å²) in [5, 5.41) is 8.62. The molecule has 0 amide bonds. The lowest BCUT2D eigenvalue weighted by molar-refractivity contribution is -0.0317. The Balaban J connectivity index is 2.80. The van der Waals surface area contributed by atoms with Gasteiger partial charge < -0.3 is 9.84 Å². The highest BCUT2D eigenvalue weighted by Gasteiger charge is 2.15. The molecule has 0 radical (unpaired) electrons. The van der Waals surface area contributed by atoms with Gasteiger partial charge in [-0.15, -0.1) is 0 Å². The van der Waals surface area contributed by atoms with Crippen molar-refractivity contribution < 1.29 is 14.2 Å². The Morgan fingerprint density at radius 3 is 2.67 bits per heavy atom. The molecule has 0 aliphatic rings. The van der Waals surface area contributed by atoms with Crippen molar-refractivity contribution in [2.45, 2.75) is 39.4 Å². The highest BCUT2D eigenvalue weighted by molar-refractivity contribution is 5.37. The van der Waals surface area contributed by atoms with Crippen molar-refractivity contribution >= 4 is 0 Å². The fourth-order valence-electron chi connectivity index (χ4n) is 1.33. The predicted molar refractivity (Wildman–Crippen MR) is 69.5 cm³/mol. The highest BCUT2D eigenvalue weighted by Crippen LogP contribution is 2.17. The summed E-state index contributed by atoms with van der Waals surface area (Å²) in [5.41, 5.74) is 1.08. The first-order valence-electron chi connectivity index (χ1n) is 6.00. The second-order valence-electron chi connectivity index (χ2n) is 4.71. The van der Waals surface area contributed by atoms with E-state index in [2.05, 4.69) is 11.8 Å². The molecule has 0 unspecified atom stereocenters. The maximum absolute atomic E-state index is 13.4. The fraction of sp³-hybridized carbons (Fsp3) is 0.467. The maximum Gasteiger partial charge on any atom is 0.124 e. The Kier molecular flexibility index (Phi) is 5.33. The van der Waals surface area contributed by atoms with Gasteiger partial charge in [0.1, 0.15) is 12.4 Å². The lowest BCUT2D eigenvalue weighted by atomic mass is 10.1. The zero-order valence-electron chi connectivity index (χ0n) is 11.1. The van der Waals surface area contributed by atoms with Gasteiger partial charge in [-0.2, -0.15) is 0 Å². The van der Waals surface area contributed by atoms with Gasteiger partial charge in [0.25, 0.3) is 0 Å². The minimum absolute atomic E-state index is 0.219. The van der Waals surface area contributed by atoms with Crippen LogP contribution in [0.2, 0.25) is 0 Å². The fourth-order valence-corrected chi connectivity index (χ4v) is 1.33. The monoisotopic (exact) mass is 250 g/mol. The zero-order valence-corrected chi connectivity index (χ0v) is 11.1. The minimum atomic E-state index is -0.340. The van der Waals surface area contributed by atoms with Gasteiger partial charge in [-0.25, -0.2) is 4.39 Å². The molecule has 0 spiro atoms. The molecule has 1 aromatic carbocycles. The van der Waals surface area contributed by atoms with Crippen LogP contribution in [0.5, 0.6) is 0 Å². The molecule has 1 rings (SSSR count). The van der Waals surface area contributed by atoms with Crippen LogP contribution in [0.15, 0.2) is 18.2 Å². The molecule has 1 aromatic rings. The van der Waals surface area contributed by atoms with Crippen LogP contribution in [0, 0.1) is 17.7 Å². The smallest absolute Gasteiger partial charge is 0.124 e. The molecule has 0 heterocycles. The molecule has 0 aromatic heterocycles. The summed E-state index contributed by atoms with van der Waals surface area (Å²) in [6, 6.07) is 4.56. The molecule has 0 aliphatic heterocycles. The van der Waals surface area contributed by atoms with Gasteiger partial charge in [0.05, 0.1) is 12.2 Å². The van der Waals surface area contributed by atoms with Crippen molar-refractivity contribution in [3.63, 3.8) is 0 Å². The molecule has 0 bridgehead atoms. The summed E-state index contributed by atoms with van der Waals surface area (Å²) < 4.78 is 19.1. The van der Waals surface area contributed by atoms with Gasteiger partial charge in [0, 0.05) is 5.56 Å². The normalized spacial score (nSPS) is 10.9. The first kappa shape index (κ1) is 14.7. The van der Waals surface area contributed by atoms with E-state index in [9.17, 15) is 4.39 Å². The molecular formula is C15H19FO2. The Hall–Kier alpha value is -1.37. The molecule has 0 atom stereocenters. The molecule has 0 saturated heterocycles. The van der Waals surface area contributed by atoms with Gasteiger partial charge in [-0.1, -0.05) is 18.8 Å². The Morgan fingerprint density at radius 2 is 2.06 bits per heavy atom. The van der Waals surface area contributed by atoms with E-state index in [1.807, 2.05) is 20.8 Å². The van der Waals surface area contributed by atoms with Crippen molar-refractivity contribution in [1.29, 1.82) is 0 Å². The van der Waals surface area contributed by atoms with Gasteiger partial charge >= 0.3 is 0 Å². The summed E-state index contributed by atoms with van der Waals surface area (Å²) >= 11 is 0. The van der Waals surface area contributed by atoms with E-state index in [-0.39, 0.29) is 18.0 Å². The molecule has 98 valence electrons. The molecule has 0 aliphatic carbocycles. The van der Waals surface area contributed by atoms with Crippen molar-refractivity contribution in [2.24, 2.45) is 0 Å². The van der Waals surface area contributed by atoms with Crippen LogP contribution in [-0.4, -0.2) is 17.3 Å². The van der Waals surface area contributed by atoms with E-state index in [0.717, 1.165) is 12.0 Å². The van der Waals surface area contributed by atoms with Crippen molar-refractivity contribution in [2.75, 3.05) is 6.61 Å². The standard InChI is InChI=1S/C15H19FO2/c1-4-15(2,3)18-11-13-8-12(6-5-7-17)9-14(16)10-13/h8-10,17H,4,7,11H2,1-3H3. The molecule has 0 saturated carbocycles. The summed E-state index contributed by atoms with van der Waals surface area (Å²) in [4.78, 5) is 0. The third-order valence-corrected chi connectivity index (χ3v) is 2.75. The van der Waals surface area contributed by atoms with E-state index < -0.39 is 0 Å². The number of hydrogen-bond donors (Lipinski definition) is 1. The number of hydrogen-bond acceptors (Lipinski definition) is 2. The van der Waals surface area contributed by atoms with Crippen molar-refractivity contribution in [3.05, 3.63) is 35.1 Å². The van der Waals surface area contributed by atoms with Crippen molar-refractivity contribution in [1.82, 2.24) is 0 Å². The van der Waals surface area contributed by atoms with Crippen LogP contribution in [0.1, 0.15) is 38.3 Å². The van der Waals surface area contributed by atoms with Gasteiger partial charge in [0.15, 0.2) is 0 Å². The lowest BCUT2D eigenvalue weighted by Crippen LogP contribution is -2.22. The second kappa shape index (κ2) is 6.53. The molecule has 1 N–H and O–H groups in total. The summed E-state index contributed by atoms with van der Waals surface area (Å²) in [6.07, 6.45) is 0.888. The zero-order chi connectivity index (χ0) is 13.6. The number of benzene rings is 1. The molecule has 2 nitrogen and oxygen atoms in total. The SMILES string of the molecule is CCC(C)(C)OCc1cc(F)cc(C#CCO)c1. The molecule has 18 heavy (non-hydrogen) atoms. The van der Waals surface area contributed by atoms with Crippen molar-refractivity contribution in [3.8, 4) is 11.8 Å². The highest BCUT2D eigenvalue weighted by atomic mass is 19.1. The maximum atomic E-state index is 13.4. The Morgan fingerprint density at radius 1 is 1.33 bits per heavy atom. The van der Waals surface area contributed by atoms with Crippen LogP contribution in [0.3, 0.4) is 0 Å². The quantitative estimate of drug-likeness (QED) is 0.833. The van der Waals surface area contributed by atoms with E-state index in [0.29, 0.717) is 12.2 Å². The number of rotatable bonds is 4.